The molecule has 1 saturated heterocycles. The van der Waals surface area contributed by atoms with Crippen molar-refractivity contribution >= 4 is 22.8 Å². The van der Waals surface area contributed by atoms with Gasteiger partial charge in [-0.2, -0.15) is 0 Å². The maximum Gasteiger partial charge on any atom is 0.255 e. The zero-order chi connectivity index (χ0) is 24.9. The van der Waals surface area contributed by atoms with E-state index in [0.717, 1.165) is 12.8 Å². The number of halogens is 2. The third kappa shape index (κ3) is 4.33. The fourth-order valence-corrected chi connectivity index (χ4v) is 4.48. The number of likely N-dealkylation sites (tertiary alicyclic amines) is 1. The van der Waals surface area contributed by atoms with Crippen molar-refractivity contribution in [1.29, 1.82) is 0 Å². The van der Waals surface area contributed by atoms with Crippen molar-refractivity contribution in [3.63, 3.8) is 0 Å². The van der Waals surface area contributed by atoms with Gasteiger partial charge < -0.3 is 19.9 Å². The van der Waals surface area contributed by atoms with Crippen LogP contribution in [0.3, 0.4) is 0 Å². The Labute approximate surface area is 201 Å². The molecule has 0 unspecified atom stereocenters. The number of nitrogens with one attached hydrogen (secondary N) is 2. The number of benzene rings is 1. The Bertz CT molecular complexity index is 1320. The first-order chi connectivity index (χ1) is 16.7. The highest BCUT2D eigenvalue weighted by atomic mass is 19.1. The van der Waals surface area contributed by atoms with E-state index in [9.17, 15) is 14.0 Å². The number of fused-ring (bicyclic) bond motifs is 1. The summed E-state index contributed by atoms with van der Waals surface area (Å²) in [5, 5.41) is 2.69. The van der Waals surface area contributed by atoms with Gasteiger partial charge in [0.15, 0.2) is 0 Å². The SMILES string of the molecule is CC(=O)N1C[C@@H](F)[C@@H](NC(=O)c2c(C)[nH]c3c(-c4c(OCC5CC5)ccc(C)c4F)ncnc23)C1. The average Bonchev–Trinajstić information content (AvgIpc) is 3.48. The predicted molar refractivity (Wildman–Crippen MR) is 125 cm³/mol. The standard InChI is InChI=1S/C25H27F2N5O3/c1-12-4-7-18(35-10-15-5-6-15)20(21(12)27)23-24-22(28-11-29-23)19(13(2)30-24)25(34)31-17-9-32(14(3)33)8-16(17)26/h4,7,11,15-17,30H,5-6,8-10H2,1-3H3,(H,31,34)/t16-,17+/m1/s1. The van der Waals surface area contributed by atoms with Crippen LogP contribution in [-0.2, 0) is 4.79 Å². The molecule has 0 spiro atoms. The first-order valence-electron chi connectivity index (χ1n) is 11.7. The van der Waals surface area contributed by atoms with Crippen molar-refractivity contribution < 1.29 is 23.1 Å². The second kappa shape index (κ2) is 8.90. The molecule has 35 heavy (non-hydrogen) atoms. The lowest BCUT2D eigenvalue weighted by Crippen LogP contribution is -2.41. The molecule has 5 rings (SSSR count). The van der Waals surface area contributed by atoms with Crippen molar-refractivity contribution in [3.05, 3.63) is 41.1 Å². The Kier molecular flexibility index (Phi) is 5.90. The Morgan fingerprint density at radius 2 is 2.00 bits per heavy atom. The van der Waals surface area contributed by atoms with Crippen molar-refractivity contribution in [1.82, 2.24) is 25.2 Å². The third-order valence-corrected chi connectivity index (χ3v) is 6.71. The summed E-state index contributed by atoms with van der Waals surface area (Å²) in [6.07, 6.45) is 2.10. The molecule has 2 aliphatic rings. The van der Waals surface area contributed by atoms with Crippen LogP contribution in [0.15, 0.2) is 18.5 Å². The second-order valence-electron chi connectivity index (χ2n) is 9.41. The summed E-state index contributed by atoms with van der Waals surface area (Å²) in [5.41, 5.74) is 2.35. The summed E-state index contributed by atoms with van der Waals surface area (Å²) in [7, 11) is 0. The number of aromatic amines is 1. The average molecular weight is 484 g/mol. The Morgan fingerprint density at radius 1 is 1.23 bits per heavy atom. The zero-order valence-electron chi connectivity index (χ0n) is 19.8. The lowest BCUT2D eigenvalue weighted by molar-refractivity contribution is -0.128. The van der Waals surface area contributed by atoms with E-state index in [2.05, 4.69) is 20.3 Å². The molecule has 0 bridgehead atoms. The van der Waals surface area contributed by atoms with Gasteiger partial charge in [0, 0.05) is 19.2 Å². The lowest BCUT2D eigenvalue weighted by Gasteiger charge is -2.15. The third-order valence-electron chi connectivity index (χ3n) is 6.71. The van der Waals surface area contributed by atoms with E-state index in [1.807, 2.05) is 0 Å². The number of amides is 2. The van der Waals surface area contributed by atoms with E-state index in [1.54, 1.807) is 26.0 Å². The monoisotopic (exact) mass is 483 g/mol. The maximum atomic E-state index is 15.4. The molecule has 2 fully saturated rings. The number of carbonyl (C=O) groups is 2. The molecule has 1 aromatic carbocycles. The van der Waals surface area contributed by atoms with E-state index < -0.39 is 23.9 Å². The fraction of sp³-hybridized carbons (Fsp3) is 0.440. The number of aryl methyl sites for hydroxylation is 2. The highest BCUT2D eigenvalue weighted by Crippen LogP contribution is 2.39. The molecule has 1 saturated carbocycles. The zero-order valence-corrected chi connectivity index (χ0v) is 19.8. The molecule has 10 heteroatoms. The Morgan fingerprint density at radius 3 is 2.69 bits per heavy atom. The predicted octanol–water partition coefficient (Wildman–Crippen LogP) is 3.47. The molecule has 0 radical (unpaired) electrons. The molecule has 2 amide bonds. The molecule has 3 aromatic rings. The smallest absolute Gasteiger partial charge is 0.255 e. The molecule has 2 atom stereocenters. The number of H-pyrrole nitrogens is 1. The molecule has 2 aromatic heterocycles. The molecular weight excluding hydrogens is 456 g/mol. The van der Waals surface area contributed by atoms with Gasteiger partial charge in [-0.3, -0.25) is 9.59 Å². The summed E-state index contributed by atoms with van der Waals surface area (Å²) in [5.74, 6) is -0.355. The van der Waals surface area contributed by atoms with Crippen LogP contribution in [0.25, 0.3) is 22.3 Å². The van der Waals surface area contributed by atoms with Gasteiger partial charge in [-0.15, -0.1) is 0 Å². The number of rotatable bonds is 6. The van der Waals surface area contributed by atoms with Gasteiger partial charge in [0.05, 0.1) is 35.8 Å². The number of hydrogen-bond acceptors (Lipinski definition) is 5. The highest BCUT2D eigenvalue weighted by molar-refractivity contribution is 6.09. The molecule has 2 N–H and O–H groups in total. The minimum absolute atomic E-state index is 0.0598. The highest BCUT2D eigenvalue weighted by Gasteiger charge is 2.36. The maximum absolute atomic E-state index is 15.4. The van der Waals surface area contributed by atoms with Gasteiger partial charge in [-0.05, 0) is 44.2 Å². The van der Waals surface area contributed by atoms with Crippen LogP contribution < -0.4 is 10.1 Å². The van der Waals surface area contributed by atoms with Crippen LogP contribution in [0.4, 0.5) is 8.78 Å². The van der Waals surface area contributed by atoms with Crippen molar-refractivity contribution in [2.75, 3.05) is 19.7 Å². The van der Waals surface area contributed by atoms with E-state index in [1.165, 1.54) is 18.2 Å². The number of nitrogens with zero attached hydrogens (tertiary/aromatic N) is 3. The minimum Gasteiger partial charge on any atom is -0.492 e. The fourth-order valence-electron chi connectivity index (χ4n) is 4.48. The lowest BCUT2D eigenvalue weighted by atomic mass is 10.0. The van der Waals surface area contributed by atoms with Crippen LogP contribution in [0.2, 0.25) is 0 Å². The quantitative estimate of drug-likeness (QED) is 0.559. The first-order valence-corrected chi connectivity index (χ1v) is 11.7. The summed E-state index contributed by atoms with van der Waals surface area (Å²) in [6.45, 7) is 5.27. The summed E-state index contributed by atoms with van der Waals surface area (Å²) >= 11 is 0. The second-order valence-corrected chi connectivity index (χ2v) is 9.41. The van der Waals surface area contributed by atoms with Crippen LogP contribution in [-0.4, -0.2) is 63.6 Å². The van der Waals surface area contributed by atoms with Crippen LogP contribution in [0.1, 0.15) is 41.4 Å². The van der Waals surface area contributed by atoms with E-state index in [-0.39, 0.29) is 35.8 Å². The molecule has 1 aliphatic heterocycles. The summed E-state index contributed by atoms with van der Waals surface area (Å²) < 4.78 is 35.8. The number of hydrogen-bond donors (Lipinski definition) is 2. The van der Waals surface area contributed by atoms with Crippen LogP contribution >= 0.6 is 0 Å². The van der Waals surface area contributed by atoms with E-state index >= 15 is 4.39 Å². The van der Waals surface area contributed by atoms with Crippen molar-refractivity contribution in [3.8, 4) is 17.0 Å². The largest absolute Gasteiger partial charge is 0.492 e. The summed E-state index contributed by atoms with van der Waals surface area (Å²) in [6, 6.07) is 2.57. The number of ether oxygens (including phenoxy) is 1. The molecule has 8 nitrogen and oxygen atoms in total. The number of aromatic nitrogens is 3. The molecule has 184 valence electrons. The van der Waals surface area contributed by atoms with Gasteiger partial charge in [-0.25, -0.2) is 18.7 Å². The van der Waals surface area contributed by atoms with Gasteiger partial charge >= 0.3 is 0 Å². The van der Waals surface area contributed by atoms with Crippen LogP contribution in [0.5, 0.6) is 5.75 Å². The normalized spacial score (nSPS) is 19.9. The van der Waals surface area contributed by atoms with Crippen molar-refractivity contribution in [2.45, 2.75) is 45.8 Å². The molecule has 3 heterocycles. The van der Waals surface area contributed by atoms with E-state index in [4.69, 9.17) is 4.74 Å². The number of alkyl halides is 1. The summed E-state index contributed by atoms with van der Waals surface area (Å²) in [4.78, 5) is 37.9. The topological polar surface area (TPSA) is 100 Å². The van der Waals surface area contributed by atoms with Gasteiger partial charge in [0.1, 0.15) is 35.3 Å². The number of carbonyl (C=O) groups excluding carboxylic acids is 2. The van der Waals surface area contributed by atoms with Crippen molar-refractivity contribution in [2.24, 2.45) is 5.92 Å². The van der Waals surface area contributed by atoms with E-state index in [0.29, 0.717) is 40.6 Å². The minimum atomic E-state index is -1.37. The molecular formula is C25H27F2N5O3. The van der Waals surface area contributed by atoms with Gasteiger partial charge in [-0.1, -0.05) is 6.07 Å². The Hall–Kier alpha value is -3.56. The Balaban J connectivity index is 1.51. The van der Waals surface area contributed by atoms with Crippen LogP contribution in [0, 0.1) is 25.6 Å². The molecule has 1 aliphatic carbocycles. The van der Waals surface area contributed by atoms with Gasteiger partial charge in [0.25, 0.3) is 5.91 Å². The first kappa shape index (κ1) is 23.2. The van der Waals surface area contributed by atoms with Gasteiger partial charge in [0.2, 0.25) is 5.91 Å².